The number of rotatable bonds is 4. The van der Waals surface area contributed by atoms with Crippen LogP contribution in [0.3, 0.4) is 0 Å². The highest BCUT2D eigenvalue weighted by Gasteiger charge is 2.36. The molecule has 170 valence electrons. The fourth-order valence-corrected chi connectivity index (χ4v) is 4.99. The number of allylic oxidation sites excluding steroid dienone is 1. The van der Waals surface area contributed by atoms with E-state index in [4.69, 9.17) is 11.6 Å². The Bertz CT molecular complexity index is 1240. The fraction of sp³-hybridized carbons (Fsp3) is 0.240. The number of carbonyl (C=O) groups is 3. The number of fused-ring (bicyclic) bond motifs is 1. The molecule has 1 fully saturated rings. The molecule has 0 atom stereocenters. The molecule has 2 heterocycles. The van der Waals surface area contributed by atoms with Crippen LogP contribution in [0.25, 0.3) is 11.6 Å². The number of carbonyl (C=O) groups excluding carboxylic acids is 3. The van der Waals surface area contributed by atoms with Gasteiger partial charge in [0.05, 0.1) is 10.4 Å². The molecule has 0 aliphatic carbocycles. The first-order valence-electron chi connectivity index (χ1n) is 10.4. The monoisotopic (exact) mass is 481 g/mol. The highest BCUT2D eigenvalue weighted by atomic mass is 35.5. The molecule has 0 bridgehead atoms. The molecular weight excluding hydrogens is 458 g/mol. The summed E-state index contributed by atoms with van der Waals surface area (Å²) in [5.41, 5.74) is 4.60. The number of amides is 3. The van der Waals surface area contributed by atoms with Gasteiger partial charge in [0.2, 0.25) is 5.91 Å². The van der Waals surface area contributed by atoms with Crippen molar-refractivity contribution in [2.45, 2.75) is 26.3 Å². The maximum absolute atomic E-state index is 12.8. The first-order valence-corrected chi connectivity index (χ1v) is 11.6. The average Bonchev–Trinajstić information content (AvgIpc) is 2.99. The van der Waals surface area contributed by atoms with E-state index in [1.807, 2.05) is 18.2 Å². The molecule has 2 aromatic carbocycles. The van der Waals surface area contributed by atoms with E-state index in [-0.39, 0.29) is 12.1 Å². The molecule has 8 heteroatoms. The minimum atomic E-state index is -0.477. The number of hydrogen-bond acceptors (Lipinski definition) is 5. The number of thioether (sulfide) groups is 1. The van der Waals surface area contributed by atoms with Gasteiger partial charge in [0.25, 0.3) is 11.1 Å². The zero-order valence-electron chi connectivity index (χ0n) is 18.8. The molecule has 0 radical (unpaired) electrons. The topological polar surface area (TPSA) is 69.7 Å². The van der Waals surface area contributed by atoms with Crippen LogP contribution in [0.15, 0.2) is 53.4 Å². The Morgan fingerprint density at radius 1 is 1.18 bits per heavy atom. The summed E-state index contributed by atoms with van der Waals surface area (Å²) in [5.74, 6) is -0.949. The van der Waals surface area contributed by atoms with Crippen LogP contribution in [0.1, 0.15) is 31.9 Å². The lowest BCUT2D eigenvalue weighted by Gasteiger charge is -2.40. The van der Waals surface area contributed by atoms with E-state index in [0.29, 0.717) is 15.6 Å². The van der Waals surface area contributed by atoms with Gasteiger partial charge in [-0.3, -0.25) is 19.3 Å². The van der Waals surface area contributed by atoms with E-state index in [1.165, 1.54) is 0 Å². The minimum Gasteiger partial charge on any atom is -0.366 e. The number of nitrogens with one attached hydrogen (secondary N) is 1. The lowest BCUT2D eigenvalue weighted by molar-refractivity contribution is -0.127. The quantitative estimate of drug-likeness (QED) is 0.572. The molecule has 3 amide bonds. The maximum Gasteiger partial charge on any atom is 0.294 e. The number of nitrogens with zero attached hydrogens (tertiary/aromatic N) is 2. The van der Waals surface area contributed by atoms with Gasteiger partial charge in [-0.2, -0.15) is 0 Å². The summed E-state index contributed by atoms with van der Waals surface area (Å²) >= 11 is 6.77. The second kappa shape index (κ2) is 8.72. The Kier molecular flexibility index (Phi) is 6.12. The van der Waals surface area contributed by atoms with Crippen molar-refractivity contribution in [2.75, 3.05) is 23.8 Å². The molecule has 6 nitrogen and oxygen atoms in total. The van der Waals surface area contributed by atoms with Crippen molar-refractivity contribution in [1.29, 1.82) is 0 Å². The van der Waals surface area contributed by atoms with Crippen molar-refractivity contribution in [3.05, 3.63) is 69.6 Å². The Morgan fingerprint density at radius 2 is 1.94 bits per heavy atom. The SMILES string of the molecule is CC1=CC(C)(C)N(C)c2ccc(/C=C3\SC(=O)N(CC(=O)Nc4cccc(Cl)c4)C3=O)cc21. The largest absolute Gasteiger partial charge is 0.366 e. The molecule has 0 saturated carbocycles. The van der Waals surface area contributed by atoms with Crippen LogP contribution in [0, 0.1) is 0 Å². The average molecular weight is 482 g/mol. The summed E-state index contributed by atoms with van der Waals surface area (Å²) in [5, 5.41) is 2.66. The molecule has 4 rings (SSSR count). The summed E-state index contributed by atoms with van der Waals surface area (Å²) in [6.45, 7) is 6.03. The van der Waals surface area contributed by atoms with E-state index in [0.717, 1.165) is 39.0 Å². The molecule has 0 unspecified atom stereocenters. The van der Waals surface area contributed by atoms with Crippen molar-refractivity contribution in [3.8, 4) is 0 Å². The third kappa shape index (κ3) is 4.70. The first kappa shape index (κ1) is 23.1. The highest BCUT2D eigenvalue weighted by molar-refractivity contribution is 8.18. The predicted octanol–water partition coefficient (Wildman–Crippen LogP) is 5.65. The minimum absolute atomic E-state index is 0.0904. The van der Waals surface area contributed by atoms with E-state index in [9.17, 15) is 14.4 Å². The van der Waals surface area contributed by atoms with Gasteiger partial charge in [0, 0.05) is 29.0 Å². The summed E-state index contributed by atoms with van der Waals surface area (Å²) < 4.78 is 0. The number of imide groups is 1. The predicted molar refractivity (Wildman–Crippen MR) is 135 cm³/mol. The van der Waals surface area contributed by atoms with E-state index < -0.39 is 17.1 Å². The molecule has 0 spiro atoms. The number of likely N-dealkylation sites (N-methyl/N-ethyl adjacent to an activating group) is 1. The van der Waals surface area contributed by atoms with Crippen molar-refractivity contribution < 1.29 is 14.4 Å². The van der Waals surface area contributed by atoms with Crippen molar-refractivity contribution in [2.24, 2.45) is 0 Å². The molecule has 1 saturated heterocycles. The lowest BCUT2D eigenvalue weighted by Crippen LogP contribution is -2.42. The fourth-order valence-electron chi connectivity index (χ4n) is 3.96. The summed E-state index contributed by atoms with van der Waals surface area (Å²) in [6, 6.07) is 12.7. The van der Waals surface area contributed by atoms with Gasteiger partial charge in [-0.15, -0.1) is 0 Å². The summed E-state index contributed by atoms with van der Waals surface area (Å²) in [6.07, 6.45) is 3.92. The van der Waals surface area contributed by atoms with E-state index >= 15 is 0 Å². The van der Waals surface area contributed by atoms with Crippen molar-refractivity contribution >= 4 is 63.4 Å². The third-order valence-electron chi connectivity index (χ3n) is 5.82. The van der Waals surface area contributed by atoms with Crippen LogP contribution in [-0.4, -0.2) is 41.1 Å². The number of benzene rings is 2. The van der Waals surface area contributed by atoms with E-state index in [2.05, 4.69) is 44.1 Å². The maximum atomic E-state index is 12.8. The molecule has 33 heavy (non-hydrogen) atoms. The van der Waals surface area contributed by atoms with Crippen LogP contribution in [0.5, 0.6) is 0 Å². The molecule has 2 aromatic rings. The lowest BCUT2D eigenvalue weighted by atomic mass is 9.88. The summed E-state index contributed by atoms with van der Waals surface area (Å²) in [7, 11) is 2.06. The Balaban J connectivity index is 1.51. The van der Waals surface area contributed by atoms with Crippen LogP contribution < -0.4 is 10.2 Å². The van der Waals surface area contributed by atoms with Gasteiger partial charge < -0.3 is 10.2 Å². The van der Waals surface area contributed by atoms with Gasteiger partial charge in [-0.1, -0.05) is 29.8 Å². The van der Waals surface area contributed by atoms with Gasteiger partial charge in [-0.05, 0) is 80.1 Å². The number of hydrogen-bond donors (Lipinski definition) is 1. The smallest absolute Gasteiger partial charge is 0.294 e. The van der Waals surface area contributed by atoms with Crippen molar-refractivity contribution in [1.82, 2.24) is 4.90 Å². The second-order valence-electron chi connectivity index (χ2n) is 8.64. The zero-order chi connectivity index (χ0) is 23.9. The normalized spacial score (nSPS) is 18.5. The van der Waals surface area contributed by atoms with Gasteiger partial charge in [-0.25, -0.2) is 0 Å². The van der Waals surface area contributed by atoms with Gasteiger partial charge >= 0.3 is 0 Å². The van der Waals surface area contributed by atoms with Gasteiger partial charge in [0.15, 0.2) is 0 Å². The van der Waals surface area contributed by atoms with Crippen LogP contribution >= 0.6 is 23.4 Å². The Hall–Kier alpha value is -3.03. The molecular formula is C25H24ClN3O3S. The molecule has 0 aromatic heterocycles. The van der Waals surface area contributed by atoms with Crippen LogP contribution in [0.2, 0.25) is 5.02 Å². The Labute approximate surface area is 202 Å². The number of halogens is 1. The second-order valence-corrected chi connectivity index (χ2v) is 10.1. The Morgan fingerprint density at radius 3 is 2.67 bits per heavy atom. The highest BCUT2D eigenvalue weighted by Crippen LogP contribution is 2.39. The van der Waals surface area contributed by atoms with E-state index in [1.54, 1.807) is 30.3 Å². The third-order valence-corrected chi connectivity index (χ3v) is 6.96. The number of anilines is 2. The van der Waals surface area contributed by atoms with Crippen molar-refractivity contribution in [3.63, 3.8) is 0 Å². The standard InChI is InChI=1S/C25H24ClN3O3S/c1-15-13-25(2,3)28(4)20-9-8-16(10-19(15)20)11-21-23(31)29(24(32)33-21)14-22(30)27-18-7-5-6-17(26)12-18/h5-13H,14H2,1-4H3,(H,27,30)/b21-11-. The molecule has 2 aliphatic heterocycles. The summed E-state index contributed by atoms with van der Waals surface area (Å²) in [4.78, 5) is 41.1. The molecule has 1 N–H and O–H groups in total. The molecule has 2 aliphatic rings. The zero-order valence-corrected chi connectivity index (χ0v) is 20.4. The van der Waals surface area contributed by atoms with Gasteiger partial charge in [0.1, 0.15) is 6.54 Å². The first-order chi connectivity index (χ1) is 15.5. The van der Waals surface area contributed by atoms with Crippen LogP contribution in [0.4, 0.5) is 16.2 Å². The van der Waals surface area contributed by atoms with Crippen LogP contribution in [-0.2, 0) is 9.59 Å².